The van der Waals surface area contributed by atoms with E-state index in [1.54, 1.807) is 19.3 Å². The lowest BCUT2D eigenvalue weighted by Gasteiger charge is -2.10. The van der Waals surface area contributed by atoms with Crippen molar-refractivity contribution in [2.75, 3.05) is 0 Å². The minimum atomic E-state index is -0.667. The van der Waals surface area contributed by atoms with Gasteiger partial charge in [-0.2, -0.15) is 0 Å². The molecule has 2 aromatic rings. The zero-order valence-electron chi connectivity index (χ0n) is 11.5. The second kappa shape index (κ2) is 6.51. The van der Waals surface area contributed by atoms with Crippen LogP contribution in [0.3, 0.4) is 0 Å². The van der Waals surface area contributed by atoms with Gasteiger partial charge in [0.1, 0.15) is 9.88 Å². The highest BCUT2D eigenvalue weighted by molar-refractivity contribution is 7.13. The Kier molecular flexibility index (Phi) is 4.71. The van der Waals surface area contributed by atoms with Crippen molar-refractivity contribution in [3.63, 3.8) is 0 Å². The number of hydrogen-bond acceptors (Lipinski definition) is 6. The third kappa shape index (κ3) is 3.89. The first kappa shape index (κ1) is 15.2. The Morgan fingerprint density at radius 2 is 2.29 bits per heavy atom. The van der Waals surface area contributed by atoms with E-state index in [9.17, 15) is 9.59 Å². The summed E-state index contributed by atoms with van der Waals surface area (Å²) in [6.45, 7) is 1.92. The van der Waals surface area contributed by atoms with Gasteiger partial charge in [-0.3, -0.25) is 9.59 Å². The summed E-state index contributed by atoms with van der Waals surface area (Å²) in [5.74, 6) is -0.802. The van der Waals surface area contributed by atoms with Crippen molar-refractivity contribution in [3.05, 3.63) is 39.7 Å². The number of nitrogens with one attached hydrogen (secondary N) is 1. The van der Waals surface area contributed by atoms with Crippen LogP contribution < -0.4 is 16.8 Å². The molecule has 5 N–H and O–H groups in total. The fraction of sp³-hybridized carbons (Fsp3) is 0.308. The van der Waals surface area contributed by atoms with E-state index >= 15 is 0 Å². The molecule has 0 aromatic carbocycles. The van der Waals surface area contributed by atoms with Crippen molar-refractivity contribution in [2.24, 2.45) is 11.5 Å². The van der Waals surface area contributed by atoms with Crippen molar-refractivity contribution < 1.29 is 14.0 Å². The molecule has 0 fully saturated rings. The first-order valence-electron chi connectivity index (χ1n) is 6.28. The molecule has 8 heteroatoms. The van der Waals surface area contributed by atoms with Gasteiger partial charge in [0, 0.05) is 0 Å². The average molecular weight is 308 g/mol. The van der Waals surface area contributed by atoms with Crippen molar-refractivity contribution in [3.8, 4) is 0 Å². The van der Waals surface area contributed by atoms with E-state index in [4.69, 9.17) is 15.9 Å². The predicted molar refractivity (Wildman–Crippen MR) is 77.6 cm³/mol. The zero-order chi connectivity index (χ0) is 15.4. The van der Waals surface area contributed by atoms with Crippen LogP contribution in [0.4, 0.5) is 0 Å². The van der Waals surface area contributed by atoms with E-state index in [1.807, 2.05) is 0 Å². The number of amides is 2. The van der Waals surface area contributed by atoms with Gasteiger partial charge in [0.2, 0.25) is 5.91 Å². The van der Waals surface area contributed by atoms with Crippen molar-refractivity contribution >= 4 is 23.2 Å². The van der Waals surface area contributed by atoms with Gasteiger partial charge in [0.15, 0.2) is 0 Å². The fourth-order valence-electron chi connectivity index (χ4n) is 1.81. The second-order valence-corrected chi connectivity index (χ2v) is 5.63. The Hall–Kier alpha value is -2.19. The highest BCUT2D eigenvalue weighted by Gasteiger charge is 2.16. The average Bonchev–Trinajstić information content (AvgIpc) is 3.05. The summed E-state index contributed by atoms with van der Waals surface area (Å²) >= 11 is 1.17. The summed E-state index contributed by atoms with van der Waals surface area (Å²) in [5.41, 5.74) is 12.5. The van der Waals surface area contributed by atoms with Crippen LogP contribution in [-0.4, -0.2) is 22.8 Å². The maximum absolute atomic E-state index is 11.9. The quantitative estimate of drug-likeness (QED) is 0.709. The molecule has 0 aliphatic heterocycles. The molecule has 2 amide bonds. The summed E-state index contributed by atoms with van der Waals surface area (Å²) in [6, 6.07) is 1.09. The SMILES string of the molecule is Cc1nc(CNC(=O)C(N)Cc2ccoc2)sc1C(N)=O. The summed E-state index contributed by atoms with van der Waals surface area (Å²) in [4.78, 5) is 27.6. The number of nitrogens with two attached hydrogens (primary N) is 2. The maximum atomic E-state index is 11.9. The van der Waals surface area contributed by atoms with E-state index in [1.165, 1.54) is 17.6 Å². The van der Waals surface area contributed by atoms with Gasteiger partial charge in [-0.05, 0) is 25.0 Å². The van der Waals surface area contributed by atoms with Gasteiger partial charge >= 0.3 is 0 Å². The second-order valence-electron chi connectivity index (χ2n) is 4.55. The van der Waals surface area contributed by atoms with Crippen LogP contribution in [0, 0.1) is 6.92 Å². The lowest BCUT2D eigenvalue weighted by molar-refractivity contribution is -0.122. The minimum absolute atomic E-state index is 0.219. The largest absolute Gasteiger partial charge is 0.472 e. The molecule has 1 atom stereocenters. The van der Waals surface area contributed by atoms with E-state index < -0.39 is 11.9 Å². The van der Waals surface area contributed by atoms with Crippen molar-refractivity contribution in [2.45, 2.75) is 25.9 Å². The molecule has 0 spiro atoms. The monoisotopic (exact) mass is 308 g/mol. The Morgan fingerprint density at radius 3 is 2.86 bits per heavy atom. The van der Waals surface area contributed by atoms with Crippen LogP contribution in [0.1, 0.15) is 25.9 Å². The number of aryl methyl sites for hydroxylation is 1. The molecule has 0 saturated heterocycles. The maximum Gasteiger partial charge on any atom is 0.260 e. The topological polar surface area (TPSA) is 124 Å². The number of aromatic nitrogens is 1. The molecule has 0 radical (unpaired) electrons. The molecule has 0 aliphatic rings. The van der Waals surface area contributed by atoms with Crippen LogP contribution in [-0.2, 0) is 17.8 Å². The molecule has 0 saturated carbocycles. The minimum Gasteiger partial charge on any atom is -0.472 e. The number of hydrogen-bond donors (Lipinski definition) is 3. The predicted octanol–water partition coefficient (Wildman–Crippen LogP) is 0.330. The molecule has 21 heavy (non-hydrogen) atoms. The molecule has 2 aromatic heterocycles. The molecule has 0 bridgehead atoms. The van der Waals surface area contributed by atoms with Gasteiger partial charge in [-0.15, -0.1) is 11.3 Å². The Morgan fingerprint density at radius 1 is 1.52 bits per heavy atom. The van der Waals surface area contributed by atoms with Crippen LogP contribution >= 0.6 is 11.3 Å². The molecule has 7 nitrogen and oxygen atoms in total. The lowest BCUT2D eigenvalue weighted by Crippen LogP contribution is -2.41. The molecule has 2 rings (SSSR count). The zero-order valence-corrected chi connectivity index (χ0v) is 12.3. The Bertz CT molecular complexity index is 636. The molecule has 1 unspecified atom stereocenters. The Balaban J connectivity index is 1.88. The van der Waals surface area contributed by atoms with Crippen LogP contribution in [0.2, 0.25) is 0 Å². The highest BCUT2D eigenvalue weighted by atomic mass is 32.1. The summed E-state index contributed by atoms with van der Waals surface area (Å²) in [7, 11) is 0. The van der Waals surface area contributed by atoms with Crippen LogP contribution in [0.15, 0.2) is 23.0 Å². The molecular formula is C13H16N4O3S. The van der Waals surface area contributed by atoms with Gasteiger partial charge in [-0.25, -0.2) is 4.98 Å². The van der Waals surface area contributed by atoms with E-state index in [2.05, 4.69) is 10.3 Å². The van der Waals surface area contributed by atoms with Crippen LogP contribution in [0.5, 0.6) is 0 Å². The van der Waals surface area contributed by atoms with Gasteiger partial charge in [0.05, 0.1) is 30.8 Å². The fourth-order valence-corrected chi connectivity index (χ4v) is 2.66. The smallest absolute Gasteiger partial charge is 0.260 e. The number of furan rings is 1. The Labute approximate surface area is 125 Å². The van der Waals surface area contributed by atoms with Gasteiger partial charge < -0.3 is 21.2 Å². The van der Waals surface area contributed by atoms with E-state index in [-0.39, 0.29) is 12.5 Å². The third-order valence-corrected chi connectivity index (χ3v) is 4.02. The molecule has 0 aliphatic carbocycles. The summed E-state index contributed by atoms with van der Waals surface area (Å²) in [6.07, 6.45) is 3.48. The van der Waals surface area contributed by atoms with Crippen molar-refractivity contribution in [1.29, 1.82) is 0 Å². The first-order chi connectivity index (χ1) is 9.97. The summed E-state index contributed by atoms with van der Waals surface area (Å²) in [5, 5.41) is 3.31. The van der Waals surface area contributed by atoms with E-state index in [0.717, 1.165) is 5.56 Å². The molecular weight excluding hydrogens is 292 g/mol. The normalized spacial score (nSPS) is 12.1. The first-order valence-corrected chi connectivity index (χ1v) is 7.09. The third-order valence-electron chi connectivity index (χ3n) is 2.85. The van der Waals surface area contributed by atoms with E-state index in [0.29, 0.717) is 22.0 Å². The standard InChI is InChI=1S/C13H16N4O3S/c1-7-11(12(15)18)21-10(17-7)5-16-13(19)9(14)4-8-2-3-20-6-8/h2-3,6,9H,4-5,14H2,1H3,(H2,15,18)(H,16,19). The number of carbonyl (C=O) groups excluding carboxylic acids is 2. The molecule has 112 valence electrons. The number of carbonyl (C=O) groups is 2. The van der Waals surface area contributed by atoms with Gasteiger partial charge in [-0.1, -0.05) is 0 Å². The van der Waals surface area contributed by atoms with Crippen molar-refractivity contribution in [1.82, 2.24) is 10.3 Å². The molecule has 2 heterocycles. The summed E-state index contributed by atoms with van der Waals surface area (Å²) < 4.78 is 4.92. The number of thiazole rings is 1. The lowest BCUT2D eigenvalue weighted by atomic mass is 10.1. The number of nitrogens with zero attached hydrogens (tertiary/aromatic N) is 1. The van der Waals surface area contributed by atoms with Gasteiger partial charge in [0.25, 0.3) is 5.91 Å². The number of primary amides is 1. The number of rotatable bonds is 6. The van der Waals surface area contributed by atoms with Crippen LogP contribution in [0.25, 0.3) is 0 Å². The highest BCUT2D eigenvalue weighted by Crippen LogP contribution is 2.17.